The molecule has 1 aromatic heterocycles. The van der Waals surface area contributed by atoms with E-state index in [0.717, 1.165) is 38.3 Å². The average molecular weight is 250 g/mol. The number of aryl methyl sites for hydroxylation is 2. The minimum Gasteiger partial charge on any atom is -0.340 e. The van der Waals surface area contributed by atoms with Crippen molar-refractivity contribution in [3.05, 3.63) is 17.0 Å². The van der Waals surface area contributed by atoms with Crippen molar-refractivity contribution in [2.24, 2.45) is 7.05 Å². The van der Waals surface area contributed by atoms with Crippen LogP contribution < -0.4 is 5.32 Å². The Balaban J connectivity index is 1.92. The van der Waals surface area contributed by atoms with E-state index in [1.807, 2.05) is 23.6 Å². The lowest BCUT2D eigenvalue weighted by molar-refractivity contribution is -0.131. The summed E-state index contributed by atoms with van der Waals surface area (Å²) in [5.41, 5.74) is 3.43. The van der Waals surface area contributed by atoms with E-state index in [-0.39, 0.29) is 5.91 Å². The molecule has 5 nitrogen and oxygen atoms in total. The maximum absolute atomic E-state index is 12.1. The van der Waals surface area contributed by atoms with Gasteiger partial charge in [-0.1, -0.05) is 0 Å². The van der Waals surface area contributed by atoms with E-state index < -0.39 is 0 Å². The lowest BCUT2D eigenvalue weighted by Crippen LogP contribution is -2.46. The maximum atomic E-state index is 12.1. The van der Waals surface area contributed by atoms with Crippen LogP contribution >= 0.6 is 0 Å². The van der Waals surface area contributed by atoms with Crippen LogP contribution in [0.1, 0.15) is 23.4 Å². The first kappa shape index (κ1) is 13.1. The highest BCUT2D eigenvalue weighted by atomic mass is 16.2. The second-order valence-electron chi connectivity index (χ2n) is 4.90. The first-order valence-corrected chi connectivity index (χ1v) is 6.57. The summed E-state index contributed by atoms with van der Waals surface area (Å²) >= 11 is 0. The van der Waals surface area contributed by atoms with E-state index in [4.69, 9.17) is 0 Å². The molecular weight excluding hydrogens is 228 g/mol. The molecule has 1 aliphatic rings. The van der Waals surface area contributed by atoms with Crippen molar-refractivity contribution in [1.82, 2.24) is 20.0 Å². The Morgan fingerprint density at radius 2 is 2.00 bits per heavy atom. The molecule has 1 fully saturated rings. The fraction of sp³-hybridized carbons (Fsp3) is 0.692. The van der Waals surface area contributed by atoms with Gasteiger partial charge < -0.3 is 10.2 Å². The molecule has 2 heterocycles. The van der Waals surface area contributed by atoms with E-state index in [9.17, 15) is 4.79 Å². The number of aromatic nitrogens is 2. The molecule has 2 rings (SSSR count). The van der Waals surface area contributed by atoms with Gasteiger partial charge in [0.25, 0.3) is 0 Å². The summed E-state index contributed by atoms with van der Waals surface area (Å²) in [4.78, 5) is 14.0. The van der Waals surface area contributed by atoms with Crippen LogP contribution in [0.2, 0.25) is 0 Å². The number of amides is 1. The lowest BCUT2D eigenvalue weighted by Gasteiger charge is -2.27. The molecule has 0 unspecified atom stereocenters. The van der Waals surface area contributed by atoms with Crippen molar-refractivity contribution in [2.45, 2.75) is 26.7 Å². The van der Waals surface area contributed by atoms with Gasteiger partial charge in [-0.25, -0.2) is 0 Å². The zero-order valence-corrected chi connectivity index (χ0v) is 11.5. The van der Waals surface area contributed by atoms with Gasteiger partial charge in [0, 0.05) is 45.3 Å². The Morgan fingerprint density at radius 1 is 1.33 bits per heavy atom. The Morgan fingerprint density at radius 3 is 2.56 bits per heavy atom. The fourth-order valence-electron chi connectivity index (χ4n) is 2.48. The summed E-state index contributed by atoms with van der Waals surface area (Å²) in [6.07, 6.45) is 1.39. The van der Waals surface area contributed by atoms with Gasteiger partial charge in [-0.05, 0) is 25.8 Å². The van der Waals surface area contributed by atoms with Crippen molar-refractivity contribution < 1.29 is 4.79 Å². The molecule has 1 amide bonds. The zero-order valence-electron chi connectivity index (χ0n) is 11.5. The molecule has 5 heteroatoms. The van der Waals surface area contributed by atoms with Crippen LogP contribution in [0.4, 0.5) is 0 Å². The Kier molecular flexibility index (Phi) is 4.01. The van der Waals surface area contributed by atoms with Crippen LogP contribution in [0, 0.1) is 13.8 Å². The molecule has 0 aliphatic carbocycles. The third-order valence-corrected chi connectivity index (χ3v) is 3.72. The maximum Gasteiger partial charge on any atom is 0.222 e. The quantitative estimate of drug-likeness (QED) is 0.845. The molecule has 0 spiro atoms. The summed E-state index contributed by atoms with van der Waals surface area (Å²) in [6.45, 7) is 7.57. The molecule has 1 aliphatic heterocycles. The van der Waals surface area contributed by atoms with E-state index in [2.05, 4.69) is 17.3 Å². The van der Waals surface area contributed by atoms with Crippen LogP contribution in [0.5, 0.6) is 0 Å². The molecule has 0 saturated carbocycles. The smallest absolute Gasteiger partial charge is 0.222 e. The van der Waals surface area contributed by atoms with Gasteiger partial charge in [0.15, 0.2) is 0 Å². The summed E-state index contributed by atoms with van der Waals surface area (Å²) in [6, 6.07) is 0. The second-order valence-corrected chi connectivity index (χ2v) is 4.90. The predicted molar refractivity (Wildman–Crippen MR) is 70.5 cm³/mol. The summed E-state index contributed by atoms with van der Waals surface area (Å²) in [5.74, 6) is 0.263. The third kappa shape index (κ3) is 2.72. The SMILES string of the molecule is Cc1nn(C)c(C)c1CCC(=O)N1CCNCC1. The fourth-order valence-corrected chi connectivity index (χ4v) is 2.48. The number of piperazine rings is 1. The largest absolute Gasteiger partial charge is 0.340 e. The van der Waals surface area contributed by atoms with E-state index in [0.29, 0.717) is 6.42 Å². The number of rotatable bonds is 3. The number of carbonyl (C=O) groups is 1. The van der Waals surface area contributed by atoms with Crippen LogP contribution in [0.25, 0.3) is 0 Å². The molecule has 0 radical (unpaired) electrons. The monoisotopic (exact) mass is 250 g/mol. The Bertz CT molecular complexity index is 432. The van der Waals surface area contributed by atoms with Crippen molar-refractivity contribution in [3.63, 3.8) is 0 Å². The third-order valence-electron chi connectivity index (χ3n) is 3.72. The first-order valence-electron chi connectivity index (χ1n) is 6.57. The van der Waals surface area contributed by atoms with Crippen molar-refractivity contribution in [2.75, 3.05) is 26.2 Å². The molecular formula is C13H22N4O. The van der Waals surface area contributed by atoms with Gasteiger partial charge in [-0.2, -0.15) is 5.10 Å². The molecule has 0 bridgehead atoms. The highest BCUT2D eigenvalue weighted by molar-refractivity contribution is 5.76. The highest BCUT2D eigenvalue weighted by Crippen LogP contribution is 2.14. The molecule has 18 heavy (non-hydrogen) atoms. The molecule has 1 saturated heterocycles. The summed E-state index contributed by atoms with van der Waals surface area (Å²) in [5, 5.41) is 7.64. The van der Waals surface area contributed by atoms with Crippen LogP contribution in [-0.2, 0) is 18.3 Å². The van der Waals surface area contributed by atoms with Crippen LogP contribution in [0.15, 0.2) is 0 Å². The van der Waals surface area contributed by atoms with Gasteiger partial charge in [0.05, 0.1) is 5.69 Å². The van der Waals surface area contributed by atoms with E-state index in [1.165, 1.54) is 11.3 Å². The summed E-state index contributed by atoms with van der Waals surface area (Å²) in [7, 11) is 1.95. The number of nitrogens with one attached hydrogen (secondary N) is 1. The van der Waals surface area contributed by atoms with Crippen molar-refractivity contribution in [1.29, 1.82) is 0 Å². The van der Waals surface area contributed by atoms with Crippen molar-refractivity contribution in [3.8, 4) is 0 Å². The van der Waals surface area contributed by atoms with Gasteiger partial charge >= 0.3 is 0 Å². The van der Waals surface area contributed by atoms with E-state index in [1.54, 1.807) is 0 Å². The standard InChI is InChI=1S/C13H22N4O/c1-10-12(11(2)16(3)15-10)4-5-13(18)17-8-6-14-7-9-17/h14H,4-9H2,1-3H3. The minimum atomic E-state index is 0.263. The van der Waals surface area contributed by atoms with E-state index >= 15 is 0 Å². The topological polar surface area (TPSA) is 50.2 Å². The predicted octanol–water partition coefficient (Wildman–Crippen LogP) is 0.401. The molecule has 1 N–H and O–H groups in total. The van der Waals surface area contributed by atoms with Gasteiger partial charge in [-0.3, -0.25) is 9.48 Å². The molecule has 0 aromatic carbocycles. The normalized spacial score (nSPS) is 16.1. The first-order chi connectivity index (χ1) is 8.59. The van der Waals surface area contributed by atoms with Crippen molar-refractivity contribution >= 4 is 5.91 Å². The zero-order chi connectivity index (χ0) is 13.1. The van der Waals surface area contributed by atoms with Crippen LogP contribution in [0.3, 0.4) is 0 Å². The number of nitrogens with zero attached hydrogens (tertiary/aromatic N) is 3. The van der Waals surface area contributed by atoms with Gasteiger partial charge in [-0.15, -0.1) is 0 Å². The summed E-state index contributed by atoms with van der Waals surface area (Å²) < 4.78 is 1.89. The number of carbonyl (C=O) groups excluding carboxylic acids is 1. The number of hydrogen-bond donors (Lipinski definition) is 1. The van der Waals surface area contributed by atoms with Gasteiger partial charge in [0.1, 0.15) is 0 Å². The number of hydrogen-bond acceptors (Lipinski definition) is 3. The molecule has 1 aromatic rings. The molecule has 100 valence electrons. The highest BCUT2D eigenvalue weighted by Gasteiger charge is 2.17. The molecule has 0 atom stereocenters. The van der Waals surface area contributed by atoms with Crippen LogP contribution in [-0.4, -0.2) is 46.8 Å². The minimum absolute atomic E-state index is 0.263. The van der Waals surface area contributed by atoms with Gasteiger partial charge in [0.2, 0.25) is 5.91 Å². The second kappa shape index (κ2) is 5.52. The Labute approximate surface area is 108 Å². The Hall–Kier alpha value is -1.36. The lowest BCUT2D eigenvalue weighted by atomic mass is 10.1. The average Bonchev–Trinajstić information content (AvgIpc) is 2.62.